The third-order valence-electron chi connectivity index (χ3n) is 2.82. The van der Waals surface area contributed by atoms with E-state index >= 15 is 0 Å². The molecule has 0 fully saturated rings. The highest BCUT2D eigenvalue weighted by atomic mass is 16.5. The monoisotopic (exact) mass is 218 g/mol. The molecule has 3 nitrogen and oxygen atoms in total. The lowest BCUT2D eigenvalue weighted by Gasteiger charge is -2.17. The smallest absolute Gasteiger partial charge is 0.118 e. The van der Waals surface area contributed by atoms with Crippen LogP contribution >= 0.6 is 0 Å². The highest BCUT2D eigenvalue weighted by Crippen LogP contribution is 2.11. The van der Waals surface area contributed by atoms with Crippen molar-refractivity contribution in [3.63, 3.8) is 0 Å². The number of hydrogen-bond acceptors (Lipinski definition) is 3. The third kappa shape index (κ3) is 3.07. The highest BCUT2D eigenvalue weighted by molar-refractivity contribution is 5.65. The van der Waals surface area contributed by atoms with Crippen molar-refractivity contribution < 1.29 is 4.74 Å². The molecule has 16 heavy (non-hydrogen) atoms. The van der Waals surface area contributed by atoms with Crippen LogP contribution < -0.4 is 10.1 Å². The van der Waals surface area contributed by atoms with Gasteiger partial charge in [-0.05, 0) is 30.5 Å². The molecule has 1 N–H and O–H groups in total. The second-order valence-corrected chi connectivity index (χ2v) is 4.03. The first kappa shape index (κ1) is 11.1. The molecule has 0 amide bonds. The summed E-state index contributed by atoms with van der Waals surface area (Å²) >= 11 is 0. The molecule has 1 aliphatic heterocycles. The van der Waals surface area contributed by atoms with Crippen LogP contribution in [0.15, 0.2) is 29.3 Å². The van der Waals surface area contributed by atoms with Gasteiger partial charge in [0.25, 0.3) is 0 Å². The van der Waals surface area contributed by atoms with Crippen LogP contribution in [-0.4, -0.2) is 25.9 Å². The highest BCUT2D eigenvalue weighted by Gasteiger charge is 2.07. The molecule has 0 aromatic heterocycles. The zero-order valence-corrected chi connectivity index (χ0v) is 9.65. The van der Waals surface area contributed by atoms with Crippen molar-refractivity contribution in [2.45, 2.75) is 25.4 Å². The van der Waals surface area contributed by atoms with Gasteiger partial charge in [-0.3, -0.25) is 4.99 Å². The number of rotatable bonds is 4. The molecule has 1 heterocycles. The largest absolute Gasteiger partial charge is 0.497 e. The van der Waals surface area contributed by atoms with Crippen LogP contribution in [0.3, 0.4) is 0 Å². The van der Waals surface area contributed by atoms with Gasteiger partial charge in [0.15, 0.2) is 0 Å². The molecule has 0 saturated heterocycles. The Morgan fingerprint density at radius 3 is 2.81 bits per heavy atom. The number of aliphatic imine (C=N–C) groups is 1. The average molecular weight is 218 g/mol. The van der Waals surface area contributed by atoms with Crippen molar-refractivity contribution in [1.29, 1.82) is 0 Å². The van der Waals surface area contributed by atoms with E-state index in [0.717, 1.165) is 18.8 Å². The fraction of sp³-hybridized carbons (Fsp3) is 0.462. The molecule has 86 valence electrons. The standard InChI is InChI=1S/C13H18N2O/c1-16-13-6-4-11(5-7-13)9-15-12-3-2-8-14-10-12/h4-7,10,12,15H,2-3,8-9H2,1H3. The zero-order valence-electron chi connectivity index (χ0n) is 9.65. The van der Waals surface area contributed by atoms with Crippen molar-refractivity contribution in [3.8, 4) is 5.75 Å². The first-order chi connectivity index (χ1) is 7.88. The molecule has 0 bridgehead atoms. The fourth-order valence-electron chi connectivity index (χ4n) is 1.83. The summed E-state index contributed by atoms with van der Waals surface area (Å²) in [5.41, 5.74) is 1.28. The maximum absolute atomic E-state index is 5.12. The Morgan fingerprint density at radius 1 is 1.38 bits per heavy atom. The molecule has 1 aromatic rings. The number of methoxy groups -OCH3 is 1. The van der Waals surface area contributed by atoms with E-state index in [4.69, 9.17) is 4.74 Å². The SMILES string of the molecule is COc1ccc(CNC2C=NCCC2)cc1. The summed E-state index contributed by atoms with van der Waals surface area (Å²) in [4.78, 5) is 4.29. The molecule has 1 aliphatic rings. The summed E-state index contributed by atoms with van der Waals surface area (Å²) in [6, 6.07) is 8.60. The van der Waals surface area contributed by atoms with Gasteiger partial charge in [0.1, 0.15) is 5.75 Å². The van der Waals surface area contributed by atoms with Gasteiger partial charge in [0.05, 0.1) is 7.11 Å². The van der Waals surface area contributed by atoms with Crippen LogP contribution in [0.25, 0.3) is 0 Å². The van der Waals surface area contributed by atoms with Gasteiger partial charge in [-0.15, -0.1) is 0 Å². The van der Waals surface area contributed by atoms with E-state index in [0.29, 0.717) is 6.04 Å². The molecule has 0 saturated carbocycles. The summed E-state index contributed by atoms with van der Waals surface area (Å²) in [5, 5.41) is 3.49. The Kier molecular flexibility index (Phi) is 3.94. The van der Waals surface area contributed by atoms with Gasteiger partial charge < -0.3 is 10.1 Å². The number of benzene rings is 1. The van der Waals surface area contributed by atoms with Crippen LogP contribution in [-0.2, 0) is 6.54 Å². The first-order valence-corrected chi connectivity index (χ1v) is 5.75. The minimum Gasteiger partial charge on any atom is -0.497 e. The van der Waals surface area contributed by atoms with E-state index in [1.54, 1.807) is 7.11 Å². The predicted octanol–water partition coefficient (Wildman–Crippen LogP) is 2.02. The summed E-state index contributed by atoms with van der Waals surface area (Å²) < 4.78 is 5.12. The van der Waals surface area contributed by atoms with Gasteiger partial charge in [-0.25, -0.2) is 0 Å². The van der Waals surface area contributed by atoms with Gasteiger partial charge >= 0.3 is 0 Å². The Morgan fingerprint density at radius 2 is 2.19 bits per heavy atom. The van der Waals surface area contributed by atoms with Crippen molar-refractivity contribution >= 4 is 6.21 Å². The predicted molar refractivity (Wildman–Crippen MR) is 66.2 cm³/mol. The molecule has 2 rings (SSSR count). The van der Waals surface area contributed by atoms with Crippen LogP contribution in [0.4, 0.5) is 0 Å². The molecular formula is C13H18N2O. The van der Waals surface area contributed by atoms with E-state index in [1.165, 1.54) is 18.4 Å². The van der Waals surface area contributed by atoms with Gasteiger partial charge in [0.2, 0.25) is 0 Å². The molecule has 1 aromatic carbocycles. The second kappa shape index (κ2) is 5.66. The minimum absolute atomic E-state index is 0.441. The van der Waals surface area contributed by atoms with Crippen LogP contribution in [0.5, 0.6) is 5.75 Å². The Bertz CT molecular complexity index is 345. The lowest BCUT2D eigenvalue weighted by Crippen LogP contribution is -2.32. The van der Waals surface area contributed by atoms with E-state index < -0.39 is 0 Å². The number of nitrogens with one attached hydrogen (secondary N) is 1. The van der Waals surface area contributed by atoms with Gasteiger partial charge in [0, 0.05) is 25.3 Å². The molecule has 0 radical (unpaired) electrons. The number of hydrogen-bond donors (Lipinski definition) is 1. The fourth-order valence-corrected chi connectivity index (χ4v) is 1.83. The quantitative estimate of drug-likeness (QED) is 0.838. The average Bonchev–Trinajstić information content (AvgIpc) is 2.38. The van der Waals surface area contributed by atoms with Crippen LogP contribution in [0, 0.1) is 0 Å². The van der Waals surface area contributed by atoms with Crippen molar-refractivity contribution in [3.05, 3.63) is 29.8 Å². The van der Waals surface area contributed by atoms with Crippen molar-refractivity contribution in [1.82, 2.24) is 5.32 Å². The number of nitrogens with zero attached hydrogens (tertiary/aromatic N) is 1. The number of ether oxygens (including phenoxy) is 1. The topological polar surface area (TPSA) is 33.6 Å². The zero-order chi connectivity index (χ0) is 11.2. The molecule has 1 unspecified atom stereocenters. The lowest BCUT2D eigenvalue weighted by atomic mass is 10.1. The summed E-state index contributed by atoms with van der Waals surface area (Å²) in [6.07, 6.45) is 4.42. The van der Waals surface area contributed by atoms with E-state index in [-0.39, 0.29) is 0 Å². The van der Waals surface area contributed by atoms with E-state index in [1.807, 2.05) is 18.3 Å². The third-order valence-corrected chi connectivity index (χ3v) is 2.82. The maximum atomic E-state index is 5.12. The molecule has 0 spiro atoms. The Hall–Kier alpha value is -1.35. The molecule has 0 aliphatic carbocycles. The van der Waals surface area contributed by atoms with Crippen molar-refractivity contribution in [2.24, 2.45) is 4.99 Å². The van der Waals surface area contributed by atoms with Crippen molar-refractivity contribution in [2.75, 3.05) is 13.7 Å². The molecule has 3 heteroatoms. The Balaban J connectivity index is 1.84. The maximum Gasteiger partial charge on any atom is 0.118 e. The van der Waals surface area contributed by atoms with Crippen LogP contribution in [0.1, 0.15) is 18.4 Å². The van der Waals surface area contributed by atoms with Gasteiger partial charge in [-0.2, -0.15) is 0 Å². The Labute approximate surface area is 96.5 Å². The first-order valence-electron chi connectivity index (χ1n) is 5.75. The molecular weight excluding hydrogens is 200 g/mol. The summed E-state index contributed by atoms with van der Waals surface area (Å²) in [7, 11) is 1.69. The van der Waals surface area contributed by atoms with Gasteiger partial charge in [-0.1, -0.05) is 12.1 Å². The van der Waals surface area contributed by atoms with E-state index in [9.17, 15) is 0 Å². The lowest BCUT2D eigenvalue weighted by molar-refractivity contribution is 0.414. The normalized spacial score (nSPS) is 19.7. The summed E-state index contributed by atoms with van der Waals surface area (Å²) in [5.74, 6) is 0.906. The molecule has 1 atom stereocenters. The minimum atomic E-state index is 0.441. The second-order valence-electron chi connectivity index (χ2n) is 4.03. The summed E-state index contributed by atoms with van der Waals surface area (Å²) in [6.45, 7) is 1.88. The van der Waals surface area contributed by atoms with E-state index in [2.05, 4.69) is 22.4 Å². The van der Waals surface area contributed by atoms with Crippen LogP contribution in [0.2, 0.25) is 0 Å².